The van der Waals surface area contributed by atoms with Crippen LogP contribution in [0.5, 0.6) is 0 Å². The second kappa shape index (κ2) is 5.02. The second-order valence-electron chi connectivity index (χ2n) is 5.13. The van der Waals surface area contributed by atoms with Crippen LogP contribution in [0.2, 0.25) is 0 Å². The number of rotatable bonds is 3. The fraction of sp³-hybridized carbons (Fsp3) is 0.222. The first-order valence-electron chi connectivity index (χ1n) is 6.97. The van der Waals surface area contributed by atoms with Crippen LogP contribution in [0.15, 0.2) is 54.6 Å². The zero-order chi connectivity index (χ0) is 13.2. The molecule has 0 aliphatic heterocycles. The summed E-state index contributed by atoms with van der Waals surface area (Å²) in [5.41, 5.74) is 7.74. The summed E-state index contributed by atoms with van der Waals surface area (Å²) in [6.07, 6.45) is 2.14. The van der Waals surface area contributed by atoms with Crippen LogP contribution < -0.4 is 5.73 Å². The van der Waals surface area contributed by atoms with E-state index in [-0.39, 0.29) is 6.04 Å². The predicted octanol–water partition coefficient (Wildman–Crippen LogP) is 4.79. The monoisotopic (exact) mass is 249 g/mol. The van der Waals surface area contributed by atoms with Crippen molar-refractivity contribution >= 4 is 21.5 Å². The third-order valence-electron chi connectivity index (χ3n) is 3.78. The van der Waals surface area contributed by atoms with Crippen molar-refractivity contribution in [1.29, 1.82) is 0 Å². The van der Waals surface area contributed by atoms with Crippen LogP contribution in [-0.2, 0) is 0 Å². The van der Waals surface area contributed by atoms with Gasteiger partial charge in [0, 0.05) is 6.04 Å². The summed E-state index contributed by atoms with van der Waals surface area (Å²) in [6.45, 7) is 2.19. The summed E-state index contributed by atoms with van der Waals surface area (Å²) in [4.78, 5) is 0. The van der Waals surface area contributed by atoms with Gasteiger partial charge in [0.2, 0.25) is 0 Å². The average Bonchev–Trinajstić information content (AvgIpc) is 2.44. The molecule has 0 radical (unpaired) electrons. The molecule has 0 amide bonds. The van der Waals surface area contributed by atoms with Gasteiger partial charge < -0.3 is 5.73 Å². The third kappa shape index (κ3) is 2.11. The molecule has 0 aromatic heterocycles. The minimum absolute atomic E-state index is 0.112. The molecule has 3 aromatic carbocycles. The fourth-order valence-corrected chi connectivity index (χ4v) is 2.90. The molecule has 0 aliphatic carbocycles. The van der Waals surface area contributed by atoms with Gasteiger partial charge in [-0.25, -0.2) is 0 Å². The average molecular weight is 249 g/mol. The molecule has 0 heterocycles. The van der Waals surface area contributed by atoms with E-state index in [9.17, 15) is 0 Å². The van der Waals surface area contributed by atoms with Crippen LogP contribution in [-0.4, -0.2) is 0 Å². The molecule has 2 N–H and O–H groups in total. The summed E-state index contributed by atoms with van der Waals surface area (Å²) in [7, 11) is 0. The minimum Gasteiger partial charge on any atom is -0.324 e. The van der Waals surface area contributed by atoms with E-state index >= 15 is 0 Å². The van der Waals surface area contributed by atoms with Crippen molar-refractivity contribution in [3.63, 3.8) is 0 Å². The lowest BCUT2D eigenvalue weighted by Gasteiger charge is -2.17. The number of hydrogen-bond acceptors (Lipinski definition) is 1. The summed E-state index contributed by atoms with van der Waals surface area (Å²) < 4.78 is 0. The van der Waals surface area contributed by atoms with E-state index in [2.05, 4.69) is 61.5 Å². The summed E-state index contributed by atoms with van der Waals surface area (Å²) in [6, 6.07) is 19.5. The maximum absolute atomic E-state index is 6.44. The Morgan fingerprint density at radius 3 is 1.95 bits per heavy atom. The van der Waals surface area contributed by atoms with Crippen molar-refractivity contribution < 1.29 is 0 Å². The van der Waals surface area contributed by atoms with Crippen molar-refractivity contribution in [2.75, 3.05) is 0 Å². The molecule has 3 rings (SSSR count). The molecule has 0 saturated carbocycles. The van der Waals surface area contributed by atoms with Crippen LogP contribution in [0.1, 0.15) is 31.4 Å². The highest BCUT2D eigenvalue weighted by Crippen LogP contribution is 2.33. The van der Waals surface area contributed by atoms with Crippen LogP contribution in [0.3, 0.4) is 0 Å². The van der Waals surface area contributed by atoms with E-state index < -0.39 is 0 Å². The van der Waals surface area contributed by atoms with Gasteiger partial charge in [0.25, 0.3) is 0 Å². The summed E-state index contributed by atoms with van der Waals surface area (Å²) in [5.74, 6) is 0. The van der Waals surface area contributed by atoms with Crippen molar-refractivity contribution in [3.8, 4) is 0 Å². The van der Waals surface area contributed by atoms with Gasteiger partial charge in [0.15, 0.2) is 0 Å². The zero-order valence-electron chi connectivity index (χ0n) is 11.3. The van der Waals surface area contributed by atoms with E-state index in [0.717, 1.165) is 12.8 Å². The lowest BCUT2D eigenvalue weighted by molar-refractivity contribution is 0.646. The molecule has 0 aliphatic rings. The molecule has 0 bridgehead atoms. The van der Waals surface area contributed by atoms with Crippen LogP contribution >= 0.6 is 0 Å². The van der Waals surface area contributed by atoms with E-state index in [1.54, 1.807) is 0 Å². The second-order valence-corrected chi connectivity index (χ2v) is 5.13. The summed E-state index contributed by atoms with van der Waals surface area (Å²) in [5, 5.41) is 5.15. The van der Waals surface area contributed by atoms with Crippen molar-refractivity contribution in [2.24, 2.45) is 5.73 Å². The highest BCUT2D eigenvalue weighted by molar-refractivity contribution is 6.02. The number of benzene rings is 3. The first-order chi connectivity index (χ1) is 9.31. The normalized spacial score (nSPS) is 12.9. The molecule has 0 unspecified atom stereocenters. The first kappa shape index (κ1) is 12.2. The van der Waals surface area contributed by atoms with Gasteiger partial charge in [0.05, 0.1) is 0 Å². The molecule has 0 spiro atoms. The Hall–Kier alpha value is -1.86. The maximum atomic E-state index is 6.44. The summed E-state index contributed by atoms with van der Waals surface area (Å²) >= 11 is 0. The predicted molar refractivity (Wildman–Crippen MR) is 83.3 cm³/mol. The van der Waals surface area contributed by atoms with Gasteiger partial charge in [-0.15, -0.1) is 0 Å². The Bertz CT molecular complexity index is 661. The molecule has 1 heteroatoms. The van der Waals surface area contributed by atoms with Crippen LogP contribution in [0.25, 0.3) is 21.5 Å². The maximum Gasteiger partial charge on any atom is 0.0307 e. The Morgan fingerprint density at radius 2 is 1.42 bits per heavy atom. The highest BCUT2D eigenvalue weighted by atomic mass is 14.6. The van der Waals surface area contributed by atoms with Crippen LogP contribution in [0.4, 0.5) is 0 Å². The smallest absolute Gasteiger partial charge is 0.0307 e. The Kier molecular flexibility index (Phi) is 3.22. The number of nitrogens with two attached hydrogens (primary N) is 1. The molecule has 96 valence electrons. The van der Waals surface area contributed by atoms with E-state index in [4.69, 9.17) is 5.73 Å². The van der Waals surface area contributed by atoms with Gasteiger partial charge in [-0.05, 0) is 39.6 Å². The Morgan fingerprint density at radius 1 is 0.895 bits per heavy atom. The Labute approximate surface area is 114 Å². The lowest BCUT2D eigenvalue weighted by Crippen LogP contribution is -2.11. The molecule has 0 fully saturated rings. The number of fused-ring (bicyclic) bond motifs is 2. The van der Waals surface area contributed by atoms with Crippen molar-refractivity contribution in [2.45, 2.75) is 25.8 Å². The van der Waals surface area contributed by atoms with E-state index in [1.165, 1.54) is 27.1 Å². The van der Waals surface area contributed by atoms with Gasteiger partial charge in [-0.2, -0.15) is 0 Å². The van der Waals surface area contributed by atoms with Crippen molar-refractivity contribution in [1.82, 2.24) is 0 Å². The molecule has 1 nitrogen and oxygen atoms in total. The van der Waals surface area contributed by atoms with Crippen molar-refractivity contribution in [3.05, 3.63) is 60.2 Å². The largest absolute Gasteiger partial charge is 0.324 e. The van der Waals surface area contributed by atoms with Gasteiger partial charge in [-0.1, -0.05) is 61.9 Å². The fourth-order valence-electron chi connectivity index (χ4n) is 2.90. The Balaban J connectivity index is 2.39. The highest BCUT2D eigenvalue weighted by Gasteiger charge is 2.13. The molecule has 3 aromatic rings. The third-order valence-corrected chi connectivity index (χ3v) is 3.78. The molecular formula is C18H19N. The molecule has 19 heavy (non-hydrogen) atoms. The minimum atomic E-state index is 0.112. The lowest BCUT2D eigenvalue weighted by atomic mass is 9.91. The van der Waals surface area contributed by atoms with Gasteiger partial charge >= 0.3 is 0 Å². The molecule has 0 saturated heterocycles. The number of hydrogen-bond donors (Lipinski definition) is 1. The van der Waals surface area contributed by atoms with Crippen LogP contribution in [0, 0.1) is 0 Å². The first-order valence-corrected chi connectivity index (χ1v) is 6.97. The quantitative estimate of drug-likeness (QED) is 0.663. The van der Waals surface area contributed by atoms with Gasteiger partial charge in [0.1, 0.15) is 0 Å². The zero-order valence-corrected chi connectivity index (χ0v) is 11.3. The molecular weight excluding hydrogens is 230 g/mol. The van der Waals surface area contributed by atoms with E-state index in [1.807, 2.05) is 0 Å². The van der Waals surface area contributed by atoms with E-state index in [0.29, 0.717) is 0 Å². The van der Waals surface area contributed by atoms with Gasteiger partial charge in [-0.3, -0.25) is 0 Å². The molecule has 1 atom stereocenters. The topological polar surface area (TPSA) is 26.0 Å². The standard InChI is InChI=1S/C18H19N/c1-2-7-17(19)18-15-10-5-3-8-13(15)12-14-9-4-6-11-16(14)18/h3-6,8-12,17H,2,7,19H2,1H3/t17-/m1/s1. The SMILES string of the molecule is CCC[C@@H](N)c1c2ccccc2cc2ccccc12.